The number of alkyl halides is 3. The number of fused-ring (bicyclic) bond motifs is 1. The van der Waals surface area contributed by atoms with Crippen molar-refractivity contribution >= 4 is 16.7 Å². The van der Waals surface area contributed by atoms with Crippen LogP contribution in [0, 0.1) is 6.92 Å². The molecule has 4 aromatic rings. The third-order valence-corrected chi connectivity index (χ3v) is 6.72. The normalized spacial score (nSPS) is 11.9. The zero-order valence-electron chi connectivity index (χ0n) is 22.1. The maximum Gasteiger partial charge on any atom is 0.418 e. The molecular weight excluding hydrogens is 487 g/mol. The maximum atomic E-state index is 13.7. The molecule has 0 fully saturated rings. The van der Waals surface area contributed by atoms with E-state index in [-0.39, 0.29) is 5.69 Å². The highest BCUT2D eigenvalue weighted by Crippen LogP contribution is 2.36. The van der Waals surface area contributed by atoms with Crippen molar-refractivity contribution in [1.29, 1.82) is 0 Å². The summed E-state index contributed by atoms with van der Waals surface area (Å²) in [6.45, 7) is 9.40. The first kappa shape index (κ1) is 27.5. The number of nitrogens with one attached hydrogen (secondary N) is 1. The quantitative estimate of drug-likeness (QED) is 0.225. The molecule has 2 aromatic carbocycles. The minimum atomic E-state index is -4.50. The molecule has 0 aliphatic heterocycles. The highest BCUT2D eigenvalue weighted by Gasteiger charge is 2.34. The van der Waals surface area contributed by atoms with Crippen molar-refractivity contribution < 1.29 is 13.2 Å². The van der Waals surface area contributed by atoms with Crippen LogP contribution in [-0.4, -0.2) is 39.5 Å². The van der Waals surface area contributed by atoms with E-state index < -0.39 is 11.7 Å². The monoisotopic (exact) mass is 521 g/mol. The molecule has 0 saturated heterocycles. The van der Waals surface area contributed by atoms with Crippen molar-refractivity contribution in [1.82, 2.24) is 19.9 Å². The number of benzene rings is 2. The topological polar surface area (TPSA) is 53.9 Å². The van der Waals surface area contributed by atoms with E-state index in [0.29, 0.717) is 35.8 Å². The van der Waals surface area contributed by atoms with Gasteiger partial charge in [0.15, 0.2) is 0 Å². The average molecular weight is 522 g/mol. The lowest BCUT2D eigenvalue weighted by atomic mass is 10.0. The van der Waals surface area contributed by atoms with Gasteiger partial charge in [0.2, 0.25) is 0 Å². The second kappa shape index (κ2) is 12.3. The van der Waals surface area contributed by atoms with Gasteiger partial charge in [-0.3, -0.25) is 9.88 Å². The number of hydrogen-bond donors (Lipinski definition) is 1. The molecule has 0 aliphatic carbocycles. The second-order valence-corrected chi connectivity index (χ2v) is 9.44. The van der Waals surface area contributed by atoms with Crippen molar-refractivity contribution in [3.8, 4) is 11.3 Å². The zero-order valence-corrected chi connectivity index (χ0v) is 22.1. The van der Waals surface area contributed by atoms with E-state index in [1.165, 1.54) is 23.4 Å². The first-order valence-corrected chi connectivity index (χ1v) is 13.1. The molecule has 0 spiro atoms. The number of unbranched alkanes of at least 4 members (excludes halogenated alkanes) is 1. The number of anilines is 1. The molecule has 2 heterocycles. The molecule has 0 bridgehead atoms. The third kappa shape index (κ3) is 6.67. The van der Waals surface area contributed by atoms with Crippen LogP contribution in [0.25, 0.3) is 22.2 Å². The molecule has 8 heteroatoms. The molecule has 0 amide bonds. The minimum absolute atomic E-state index is 0.103. The lowest BCUT2D eigenvalue weighted by molar-refractivity contribution is -0.137. The van der Waals surface area contributed by atoms with Crippen LogP contribution in [-0.2, 0) is 19.1 Å². The highest BCUT2D eigenvalue weighted by molar-refractivity contribution is 5.92. The summed E-state index contributed by atoms with van der Waals surface area (Å²) < 4.78 is 41.1. The standard InChI is InChI=1S/C30H34F3N5/c1-4-6-18-38(5-2)20-27-36-26-19-23(28-25(30(31,32)33)12-9-16-34-28)13-14-24(26)29(37-27)35-17-15-22-11-8-7-10-21(22)3/h7-14,16,19H,4-6,15,17-18,20H2,1-3H3,(H,35,36,37). The first-order chi connectivity index (χ1) is 18.3. The van der Waals surface area contributed by atoms with E-state index in [4.69, 9.17) is 9.97 Å². The van der Waals surface area contributed by atoms with E-state index in [1.807, 2.05) is 12.1 Å². The Morgan fingerprint density at radius 2 is 1.79 bits per heavy atom. The lowest BCUT2D eigenvalue weighted by Crippen LogP contribution is -2.25. The summed E-state index contributed by atoms with van der Waals surface area (Å²) >= 11 is 0. The summed E-state index contributed by atoms with van der Waals surface area (Å²) in [6, 6.07) is 15.8. The Kier molecular flexibility index (Phi) is 8.94. The molecule has 200 valence electrons. The van der Waals surface area contributed by atoms with Gasteiger partial charge in [0.1, 0.15) is 11.6 Å². The Bertz CT molecular complexity index is 1370. The summed E-state index contributed by atoms with van der Waals surface area (Å²) in [7, 11) is 0. The van der Waals surface area contributed by atoms with E-state index >= 15 is 0 Å². The Hall–Kier alpha value is -3.52. The molecule has 0 saturated carbocycles. The number of aryl methyl sites for hydroxylation is 1. The van der Waals surface area contributed by atoms with Crippen LogP contribution < -0.4 is 5.32 Å². The van der Waals surface area contributed by atoms with E-state index in [9.17, 15) is 13.2 Å². The second-order valence-electron chi connectivity index (χ2n) is 9.44. The maximum absolute atomic E-state index is 13.7. The van der Waals surface area contributed by atoms with Crippen LogP contribution >= 0.6 is 0 Å². The van der Waals surface area contributed by atoms with Gasteiger partial charge in [0, 0.05) is 23.7 Å². The lowest BCUT2D eigenvalue weighted by Gasteiger charge is -2.20. The van der Waals surface area contributed by atoms with Gasteiger partial charge in [-0.2, -0.15) is 13.2 Å². The van der Waals surface area contributed by atoms with E-state index in [2.05, 4.69) is 48.1 Å². The molecule has 38 heavy (non-hydrogen) atoms. The van der Waals surface area contributed by atoms with Crippen LogP contribution in [0.15, 0.2) is 60.8 Å². The predicted molar refractivity (Wildman–Crippen MR) is 147 cm³/mol. The number of hydrogen-bond acceptors (Lipinski definition) is 5. The van der Waals surface area contributed by atoms with Crippen molar-refractivity contribution in [3.05, 3.63) is 83.3 Å². The predicted octanol–water partition coefficient (Wildman–Crippen LogP) is 7.30. The number of halogens is 3. The fourth-order valence-electron chi connectivity index (χ4n) is 4.53. The van der Waals surface area contributed by atoms with Crippen molar-refractivity contribution in [2.45, 2.75) is 52.8 Å². The number of pyridine rings is 1. The van der Waals surface area contributed by atoms with Gasteiger partial charge < -0.3 is 5.32 Å². The van der Waals surface area contributed by atoms with E-state index in [0.717, 1.165) is 43.8 Å². The first-order valence-electron chi connectivity index (χ1n) is 13.1. The largest absolute Gasteiger partial charge is 0.418 e. The van der Waals surface area contributed by atoms with Crippen molar-refractivity contribution in [3.63, 3.8) is 0 Å². The molecule has 0 radical (unpaired) electrons. The Balaban J connectivity index is 1.71. The molecule has 0 aliphatic rings. The molecule has 0 atom stereocenters. The van der Waals surface area contributed by atoms with Crippen LogP contribution in [0.5, 0.6) is 0 Å². The summed E-state index contributed by atoms with van der Waals surface area (Å²) in [4.78, 5) is 16.0. The molecule has 5 nitrogen and oxygen atoms in total. The minimum Gasteiger partial charge on any atom is -0.369 e. The van der Waals surface area contributed by atoms with Gasteiger partial charge in [0.05, 0.1) is 23.3 Å². The summed E-state index contributed by atoms with van der Waals surface area (Å²) in [5.74, 6) is 1.33. The van der Waals surface area contributed by atoms with Gasteiger partial charge in [-0.05, 0) is 68.2 Å². The SMILES string of the molecule is CCCCN(CC)Cc1nc(NCCc2ccccc2C)c2ccc(-c3ncccc3C(F)(F)F)cc2n1. The fourth-order valence-corrected chi connectivity index (χ4v) is 4.53. The van der Waals surface area contributed by atoms with Crippen LogP contribution in [0.1, 0.15) is 49.2 Å². The molecule has 2 aromatic heterocycles. The van der Waals surface area contributed by atoms with E-state index in [1.54, 1.807) is 18.2 Å². The molecule has 0 unspecified atom stereocenters. The van der Waals surface area contributed by atoms with Gasteiger partial charge in [-0.1, -0.05) is 50.6 Å². The Labute approximate surface area is 222 Å². The summed E-state index contributed by atoms with van der Waals surface area (Å²) in [5, 5.41) is 4.23. The van der Waals surface area contributed by atoms with Gasteiger partial charge >= 0.3 is 6.18 Å². The van der Waals surface area contributed by atoms with Gasteiger partial charge in [-0.15, -0.1) is 0 Å². The number of aromatic nitrogens is 3. The number of nitrogens with zero attached hydrogens (tertiary/aromatic N) is 4. The average Bonchev–Trinajstić information content (AvgIpc) is 2.91. The van der Waals surface area contributed by atoms with Gasteiger partial charge in [0.25, 0.3) is 0 Å². The van der Waals surface area contributed by atoms with Gasteiger partial charge in [-0.25, -0.2) is 9.97 Å². The summed E-state index contributed by atoms with van der Waals surface area (Å²) in [5.41, 5.74) is 2.59. The fraction of sp³-hybridized carbons (Fsp3) is 0.367. The molecule has 1 N–H and O–H groups in total. The van der Waals surface area contributed by atoms with Crippen molar-refractivity contribution in [2.24, 2.45) is 0 Å². The Morgan fingerprint density at radius 1 is 0.974 bits per heavy atom. The molecular formula is C30H34F3N5. The highest BCUT2D eigenvalue weighted by atomic mass is 19.4. The Morgan fingerprint density at radius 3 is 2.53 bits per heavy atom. The molecule has 4 rings (SSSR count). The smallest absolute Gasteiger partial charge is 0.369 e. The number of rotatable bonds is 11. The van der Waals surface area contributed by atoms with Crippen LogP contribution in [0.4, 0.5) is 19.0 Å². The van der Waals surface area contributed by atoms with Crippen molar-refractivity contribution in [2.75, 3.05) is 25.0 Å². The zero-order chi connectivity index (χ0) is 27.1. The third-order valence-electron chi connectivity index (χ3n) is 6.72. The summed E-state index contributed by atoms with van der Waals surface area (Å²) in [6.07, 6.45) is -0.126. The van der Waals surface area contributed by atoms with Crippen LogP contribution in [0.2, 0.25) is 0 Å². The van der Waals surface area contributed by atoms with Crippen LogP contribution in [0.3, 0.4) is 0 Å².